The van der Waals surface area contributed by atoms with Crippen LogP contribution >= 0.6 is 0 Å². The summed E-state index contributed by atoms with van der Waals surface area (Å²) in [5, 5.41) is 10.9. The van der Waals surface area contributed by atoms with E-state index in [0.29, 0.717) is 11.9 Å². The number of hydrogen-bond donors (Lipinski definition) is 2. The largest absolute Gasteiger partial charge is 0.317 e. The fraction of sp³-hybridized carbons (Fsp3) is 0.824. The van der Waals surface area contributed by atoms with E-state index < -0.39 is 0 Å². The average molecular weight is 319 g/mol. The summed E-state index contributed by atoms with van der Waals surface area (Å²) in [6, 6.07) is 0. The molecule has 2 N–H and O–H groups in total. The first-order chi connectivity index (χ1) is 10.9. The number of nitrogens with one attached hydrogen (secondary N) is 2. The zero-order valence-corrected chi connectivity index (χ0v) is 14.6. The van der Waals surface area contributed by atoms with Crippen LogP contribution in [0.1, 0.15) is 64.1 Å². The molecule has 1 amide bonds. The maximum Gasteiger partial charge on any atom is 0.229 e. The molecule has 1 atom stereocenters. The number of hydrogen-bond acceptors (Lipinski definition) is 4. The number of aromatic nitrogens is 3. The Morgan fingerprint density at radius 3 is 2.74 bits per heavy atom. The van der Waals surface area contributed by atoms with Crippen LogP contribution in [-0.4, -0.2) is 33.8 Å². The van der Waals surface area contributed by atoms with Crippen LogP contribution in [0.5, 0.6) is 0 Å². The summed E-state index contributed by atoms with van der Waals surface area (Å²) in [6.07, 6.45) is 6.40. The van der Waals surface area contributed by atoms with Gasteiger partial charge in [-0.2, -0.15) is 10.1 Å². The third kappa shape index (κ3) is 3.91. The van der Waals surface area contributed by atoms with Crippen molar-refractivity contribution < 1.29 is 4.79 Å². The second-order valence-corrected chi connectivity index (χ2v) is 7.89. The first-order valence-electron chi connectivity index (χ1n) is 8.87. The summed E-state index contributed by atoms with van der Waals surface area (Å²) in [4.78, 5) is 17.2. The molecule has 0 radical (unpaired) electrons. The lowest BCUT2D eigenvalue weighted by atomic mass is 9.72. The van der Waals surface area contributed by atoms with E-state index in [2.05, 4.69) is 34.6 Å². The summed E-state index contributed by atoms with van der Waals surface area (Å²) in [6.45, 7) is 6.54. The van der Waals surface area contributed by atoms with Crippen molar-refractivity contribution in [3.05, 3.63) is 5.82 Å². The second kappa shape index (κ2) is 6.59. The van der Waals surface area contributed by atoms with Gasteiger partial charge in [0.15, 0.2) is 5.82 Å². The van der Waals surface area contributed by atoms with Gasteiger partial charge in [0, 0.05) is 18.9 Å². The molecule has 2 fully saturated rings. The monoisotopic (exact) mass is 319 g/mol. The van der Waals surface area contributed by atoms with Crippen LogP contribution in [0.2, 0.25) is 0 Å². The summed E-state index contributed by atoms with van der Waals surface area (Å²) < 4.78 is 1.71. The molecule has 2 aliphatic rings. The van der Waals surface area contributed by atoms with Gasteiger partial charge in [0.1, 0.15) is 0 Å². The lowest BCUT2D eigenvalue weighted by molar-refractivity contribution is -0.122. The van der Waals surface area contributed by atoms with E-state index in [1.165, 1.54) is 6.42 Å². The van der Waals surface area contributed by atoms with Gasteiger partial charge in [-0.05, 0) is 50.6 Å². The number of carbonyl (C=O) groups excluding carboxylic acids is 1. The Morgan fingerprint density at radius 2 is 2.04 bits per heavy atom. The van der Waals surface area contributed by atoms with Gasteiger partial charge in [0.25, 0.3) is 0 Å². The molecule has 1 aliphatic carbocycles. The van der Waals surface area contributed by atoms with Gasteiger partial charge < -0.3 is 5.32 Å². The van der Waals surface area contributed by atoms with Gasteiger partial charge in [0.05, 0.1) is 0 Å². The molecule has 1 aromatic heterocycles. The Kier molecular flexibility index (Phi) is 4.71. The van der Waals surface area contributed by atoms with Gasteiger partial charge >= 0.3 is 0 Å². The van der Waals surface area contributed by atoms with E-state index in [-0.39, 0.29) is 17.2 Å². The number of carbonyl (C=O) groups is 1. The van der Waals surface area contributed by atoms with Crippen LogP contribution in [-0.2, 0) is 11.8 Å². The van der Waals surface area contributed by atoms with Crippen molar-refractivity contribution in [2.45, 2.75) is 58.3 Å². The molecule has 1 aromatic rings. The molecule has 3 rings (SSSR count). The Hall–Kier alpha value is -1.43. The smallest absolute Gasteiger partial charge is 0.229 e. The van der Waals surface area contributed by atoms with E-state index >= 15 is 0 Å². The molecule has 0 bridgehead atoms. The maximum atomic E-state index is 12.6. The highest BCUT2D eigenvalue weighted by atomic mass is 16.2. The van der Waals surface area contributed by atoms with Crippen molar-refractivity contribution in [2.24, 2.45) is 18.4 Å². The maximum absolute atomic E-state index is 12.6. The van der Waals surface area contributed by atoms with E-state index in [9.17, 15) is 4.79 Å². The van der Waals surface area contributed by atoms with Crippen LogP contribution in [0.3, 0.4) is 0 Å². The van der Waals surface area contributed by atoms with Crippen LogP contribution in [0.15, 0.2) is 0 Å². The Morgan fingerprint density at radius 1 is 1.30 bits per heavy atom. The zero-order chi connectivity index (χ0) is 16.4. The first kappa shape index (κ1) is 16.4. The highest BCUT2D eigenvalue weighted by molar-refractivity contribution is 5.91. The molecule has 0 spiro atoms. The molecule has 1 unspecified atom stereocenters. The number of nitrogens with zero attached hydrogens (tertiary/aromatic N) is 3. The quantitative estimate of drug-likeness (QED) is 0.897. The third-order valence-corrected chi connectivity index (χ3v) is 5.29. The van der Waals surface area contributed by atoms with E-state index in [1.807, 2.05) is 7.05 Å². The molecular formula is C17H29N5O. The number of aryl methyl sites for hydroxylation is 1. The topological polar surface area (TPSA) is 71.8 Å². The molecule has 128 valence electrons. The normalized spacial score (nSPS) is 25.3. The van der Waals surface area contributed by atoms with Gasteiger partial charge in [-0.25, -0.2) is 4.68 Å². The molecule has 23 heavy (non-hydrogen) atoms. The predicted molar refractivity (Wildman–Crippen MR) is 90.2 cm³/mol. The highest BCUT2D eigenvalue weighted by Gasteiger charge is 2.32. The standard InChI is InChI=1S/C17H29N5O/c1-17(2)8-4-5-13(11-17)15(23)20-16-19-14(21-22(16)3)12-6-9-18-10-7-12/h12-13,18H,4-11H2,1-3H3,(H,19,20,21,23). The van der Waals surface area contributed by atoms with Gasteiger partial charge in [0.2, 0.25) is 11.9 Å². The van der Waals surface area contributed by atoms with Crippen molar-refractivity contribution in [1.29, 1.82) is 0 Å². The minimum atomic E-state index is 0.0952. The summed E-state index contributed by atoms with van der Waals surface area (Å²) in [7, 11) is 1.86. The van der Waals surface area contributed by atoms with E-state index in [0.717, 1.165) is 51.0 Å². The number of piperidine rings is 1. The van der Waals surface area contributed by atoms with E-state index in [1.54, 1.807) is 4.68 Å². The predicted octanol–water partition coefficient (Wildman–Crippen LogP) is 2.44. The molecule has 6 nitrogen and oxygen atoms in total. The molecule has 1 saturated carbocycles. The molecule has 1 saturated heterocycles. The molecule has 6 heteroatoms. The zero-order valence-electron chi connectivity index (χ0n) is 14.6. The summed E-state index contributed by atoms with van der Waals surface area (Å²) in [5.41, 5.74) is 0.264. The SMILES string of the molecule is Cn1nc(C2CCNCC2)nc1NC(=O)C1CCCC(C)(C)C1. The highest BCUT2D eigenvalue weighted by Crippen LogP contribution is 2.38. The Bertz CT molecular complexity index is 559. The lowest BCUT2D eigenvalue weighted by Gasteiger charge is -2.34. The fourth-order valence-electron chi connectivity index (χ4n) is 3.90. The lowest BCUT2D eigenvalue weighted by Crippen LogP contribution is -2.32. The van der Waals surface area contributed by atoms with E-state index in [4.69, 9.17) is 0 Å². The Balaban J connectivity index is 1.65. The van der Waals surface area contributed by atoms with Crippen LogP contribution < -0.4 is 10.6 Å². The van der Waals surface area contributed by atoms with Gasteiger partial charge in [-0.1, -0.05) is 20.3 Å². The van der Waals surface area contributed by atoms with Crippen LogP contribution in [0, 0.1) is 11.3 Å². The van der Waals surface area contributed by atoms with Gasteiger partial charge in [-0.15, -0.1) is 0 Å². The van der Waals surface area contributed by atoms with Crippen LogP contribution in [0.25, 0.3) is 0 Å². The number of anilines is 1. The van der Waals surface area contributed by atoms with Crippen molar-refractivity contribution in [3.8, 4) is 0 Å². The first-order valence-corrected chi connectivity index (χ1v) is 8.87. The summed E-state index contributed by atoms with van der Waals surface area (Å²) >= 11 is 0. The molecule has 2 heterocycles. The Labute approximate surface area is 138 Å². The minimum absolute atomic E-state index is 0.0952. The number of amides is 1. The molecule has 0 aromatic carbocycles. The average Bonchev–Trinajstić information content (AvgIpc) is 2.88. The van der Waals surface area contributed by atoms with Crippen molar-refractivity contribution in [2.75, 3.05) is 18.4 Å². The van der Waals surface area contributed by atoms with Crippen molar-refractivity contribution >= 4 is 11.9 Å². The third-order valence-electron chi connectivity index (χ3n) is 5.29. The van der Waals surface area contributed by atoms with Gasteiger partial charge in [-0.3, -0.25) is 10.1 Å². The summed E-state index contributed by atoms with van der Waals surface area (Å²) in [5.74, 6) is 2.06. The van der Waals surface area contributed by atoms with Crippen molar-refractivity contribution in [3.63, 3.8) is 0 Å². The molecular weight excluding hydrogens is 290 g/mol. The minimum Gasteiger partial charge on any atom is -0.317 e. The molecule has 1 aliphatic heterocycles. The van der Waals surface area contributed by atoms with Crippen molar-refractivity contribution in [1.82, 2.24) is 20.1 Å². The second-order valence-electron chi connectivity index (χ2n) is 7.89. The number of rotatable bonds is 3. The van der Waals surface area contributed by atoms with Crippen LogP contribution in [0.4, 0.5) is 5.95 Å². The fourth-order valence-corrected chi connectivity index (χ4v) is 3.90.